The van der Waals surface area contributed by atoms with Crippen molar-refractivity contribution in [1.29, 1.82) is 0 Å². The third-order valence-corrected chi connectivity index (χ3v) is 10.4. The summed E-state index contributed by atoms with van der Waals surface area (Å²) < 4.78 is 1.90. The molecule has 2 heteroatoms. The molecule has 0 bridgehead atoms. The number of carbonyl (C=O) groups is 1. The van der Waals surface area contributed by atoms with Crippen molar-refractivity contribution < 1.29 is 29.4 Å². The Morgan fingerprint density at radius 2 is 1.50 bits per heavy atom. The molecule has 0 aliphatic carbocycles. The minimum atomic E-state index is -1.49. The van der Waals surface area contributed by atoms with Crippen molar-refractivity contribution in [3.8, 4) is 0 Å². The van der Waals surface area contributed by atoms with Crippen LogP contribution in [0.4, 0.5) is 0 Å². The van der Waals surface area contributed by atoms with Crippen LogP contribution in [0.5, 0.6) is 0 Å². The number of carbonyl (C=O) groups excluding carboxylic acids is 1. The predicted octanol–water partition coefficient (Wildman–Crippen LogP) is 2.17. The van der Waals surface area contributed by atoms with Gasteiger partial charge in [0, 0.05) is 0 Å². The van der Waals surface area contributed by atoms with E-state index in [0.717, 1.165) is 0 Å². The van der Waals surface area contributed by atoms with Crippen molar-refractivity contribution in [2.75, 3.05) is 0 Å². The maximum absolute atomic E-state index is 11.2. The summed E-state index contributed by atoms with van der Waals surface area (Å²) in [5, 5.41) is 0. The topological polar surface area (TPSA) is 17.1 Å². The summed E-state index contributed by atoms with van der Waals surface area (Å²) in [4.78, 5) is 11.2. The first-order valence-corrected chi connectivity index (χ1v) is 10.5. The normalized spacial score (nSPS) is 9.79. The summed E-state index contributed by atoms with van der Waals surface area (Å²) in [5.74, 6) is 0. The molecule has 0 fully saturated rings. The van der Waals surface area contributed by atoms with E-state index >= 15 is 0 Å². The van der Waals surface area contributed by atoms with Crippen LogP contribution in [0.25, 0.3) is 0 Å². The predicted molar refractivity (Wildman–Crippen MR) is 55.7 cm³/mol. The van der Waals surface area contributed by atoms with E-state index in [0.29, 0.717) is 3.29 Å². The van der Waals surface area contributed by atoms with Crippen LogP contribution in [0.3, 0.4) is 0 Å². The molecule has 72 valence electrons. The first-order valence-electron chi connectivity index (χ1n) is 4.99. The van der Waals surface area contributed by atoms with Crippen LogP contribution in [0.2, 0.25) is 0 Å². The minimum absolute atomic E-state index is 0.459. The van der Waals surface area contributed by atoms with E-state index in [9.17, 15) is 4.79 Å². The summed E-state index contributed by atoms with van der Waals surface area (Å²) in [6.45, 7) is 10.3. The van der Waals surface area contributed by atoms with Crippen LogP contribution < -0.4 is 3.07 Å². The average Bonchev–Trinajstić information content (AvgIpc) is 2.09. The fourth-order valence-electron chi connectivity index (χ4n) is 1.81. The molecule has 0 spiro atoms. The molecule has 14 heavy (non-hydrogen) atoms. The van der Waals surface area contributed by atoms with Crippen molar-refractivity contribution >= 4 is 6.36 Å². The first-order chi connectivity index (χ1) is 6.43. The standard InChI is InChI=1S/C10H13.C2H3O.Hg/c1-7-5-9(3)10(4)6-8(7)2;1-2-3;/h5H,1-4H3;1H3;. The molecule has 1 nitrogen and oxygen atoms in total. The molecule has 0 radical (unpaired) electrons. The van der Waals surface area contributed by atoms with E-state index in [2.05, 4.69) is 33.8 Å². The maximum atomic E-state index is 11.2. The van der Waals surface area contributed by atoms with Gasteiger partial charge in [0.05, 0.1) is 0 Å². The summed E-state index contributed by atoms with van der Waals surface area (Å²) in [6, 6.07) is 2.22. The van der Waals surface area contributed by atoms with Crippen molar-refractivity contribution in [2.45, 2.75) is 34.6 Å². The Balaban J connectivity index is 3.31. The molecule has 0 saturated heterocycles. The zero-order valence-electron chi connectivity index (χ0n) is 9.69. The summed E-state index contributed by atoms with van der Waals surface area (Å²) in [5.41, 5.74) is 5.41. The molecule has 0 amide bonds. The van der Waals surface area contributed by atoms with Gasteiger partial charge in [-0.1, -0.05) is 0 Å². The molecule has 0 aliphatic heterocycles. The van der Waals surface area contributed by atoms with Gasteiger partial charge in [-0.05, 0) is 0 Å². The third kappa shape index (κ3) is 2.44. The van der Waals surface area contributed by atoms with Crippen LogP contribution in [-0.4, -0.2) is 3.29 Å². The van der Waals surface area contributed by atoms with E-state index in [-0.39, 0.29) is 0 Å². The Kier molecular flexibility index (Phi) is 3.88. The Bertz CT molecular complexity index is 354. The van der Waals surface area contributed by atoms with Gasteiger partial charge in [0.2, 0.25) is 0 Å². The fourth-order valence-corrected chi connectivity index (χ4v) is 7.98. The van der Waals surface area contributed by atoms with Gasteiger partial charge >= 0.3 is 98.7 Å². The third-order valence-electron chi connectivity index (χ3n) is 2.95. The monoisotopic (exact) mass is 378 g/mol. The van der Waals surface area contributed by atoms with Crippen LogP contribution in [0.15, 0.2) is 6.07 Å². The van der Waals surface area contributed by atoms with Crippen LogP contribution in [0.1, 0.15) is 29.2 Å². The second-order valence-electron chi connectivity index (χ2n) is 4.12. The number of rotatable bonds is 2. The molecule has 0 saturated carbocycles. The van der Waals surface area contributed by atoms with Gasteiger partial charge in [-0.15, -0.1) is 0 Å². The molecule has 0 heterocycles. The van der Waals surface area contributed by atoms with Gasteiger partial charge in [0.1, 0.15) is 0 Å². The molecular formula is C12H16HgO. The zero-order chi connectivity index (χ0) is 10.9. The van der Waals surface area contributed by atoms with Gasteiger partial charge in [-0.3, -0.25) is 0 Å². The van der Waals surface area contributed by atoms with Crippen molar-refractivity contribution in [1.82, 2.24) is 0 Å². The zero-order valence-corrected chi connectivity index (χ0v) is 15.2. The number of hydrogen-bond donors (Lipinski definition) is 0. The van der Waals surface area contributed by atoms with Gasteiger partial charge in [-0.25, -0.2) is 0 Å². The summed E-state index contributed by atoms with van der Waals surface area (Å²) >= 11 is -1.49. The average molecular weight is 377 g/mol. The molecule has 0 atom stereocenters. The van der Waals surface area contributed by atoms with Gasteiger partial charge in [0.25, 0.3) is 0 Å². The van der Waals surface area contributed by atoms with E-state index in [1.807, 2.05) is 0 Å². The van der Waals surface area contributed by atoms with Gasteiger partial charge < -0.3 is 0 Å². The van der Waals surface area contributed by atoms with Gasteiger partial charge in [0.15, 0.2) is 0 Å². The summed E-state index contributed by atoms with van der Waals surface area (Å²) in [7, 11) is 0. The van der Waals surface area contributed by atoms with Crippen LogP contribution in [0, 0.1) is 27.7 Å². The molecule has 1 rings (SSSR count). The van der Waals surface area contributed by atoms with E-state index in [1.54, 1.807) is 6.92 Å². The second-order valence-corrected chi connectivity index (χ2v) is 12.1. The fraction of sp³-hybridized carbons (Fsp3) is 0.417. The number of aryl methyl sites for hydroxylation is 2. The Morgan fingerprint density at radius 1 is 1.07 bits per heavy atom. The second kappa shape index (κ2) is 4.56. The number of benzene rings is 1. The quantitative estimate of drug-likeness (QED) is 0.723. The molecule has 0 aliphatic rings. The van der Waals surface area contributed by atoms with E-state index < -0.39 is 24.6 Å². The van der Waals surface area contributed by atoms with Gasteiger partial charge in [-0.2, -0.15) is 0 Å². The Labute approximate surface area is 98.3 Å². The molecular weight excluding hydrogens is 361 g/mol. The molecule has 1 aromatic rings. The van der Waals surface area contributed by atoms with Crippen LogP contribution in [-0.2, 0) is 29.4 Å². The van der Waals surface area contributed by atoms with Crippen LogP contribution >= 0.6 is 0 Å². The summed E-state index contributed by atoms with van der Waals surface area (Å²) in [6.07, 6.45) is 0. The van der Waals surface area contributed by atoms with E-state index in [1.165, 1.54) is 25.3 Å². The molecule has 0 unspecified atom stereocenters. The molecule has 0 aromatic heterocycles. The SMILES string of the molecule is C[C](=O)[Hg][c]1c(C)c(C)cc(C)c1C. The van der Waals surface area contributed by atoms with Crippen molar-refractivity contribution in [3.63, 3.8) is 0 Å². The Hall–Kier alpha value is -0.175. The van der Waals surface area contributed by atoms with E-state index in [4.69, 9.17) is 0 Å². The molecule has 1 aromatic carbocycles. The molecule has 0 N–H and O–H groups in total. The first kappa shape index (κ1) is 11.9. The Morgan fingerprint density at radius 3 is 1.86 bits per heavy atom. The van der Waals surface area contributed by atoms with Crippen molar-refractivity contribution in [3.05, 3.63) is 28.3 Å². The number of hydrogen-bond acceptors (Lipinski definition) is 1. The van der Waals surface area contributed by atoms with Crippen molar-refractivity contribution in [2.24, 2.45) is 0 Å².